The van der Waals surface area contributed by atoms with E-state index in [0.29, 0.717) is 5.75 Å². The number of thioether (sulfide) groups is 1. The molecule has 2 N–H and O–H groups in total. The molecule has 1 aromatic heterocycles. The van der Waals surface area contributed by atoms with E-state index in [4.69, 9.17) is 14.5 Å². The first-order valence-electron chi connectivity index (χ1n) is 10.6. The van der Waals surface area contributed by atoms with Crippen LogP contribution in [0, 0.1) is 0 Å². The zero-order valence-electron chi connectivity index (χ0n) is 17.9. The van der Waals surface area contributed by atoms with E-state index >= 15 is 0 Å². The summed E-state index contributed by atoms with van der Waals surface area (Å²) in [6.07, 6.45) is 2.42. The van der Waals surface area contributed by atoms with Crippen LogP contribution in [0.4, 0.5) is 5.82 Å². The highest BCUT2D eigenvalue weighted by atomic mass is 32.2. The smallest absolute Gasteiger partial charge is 0.161 e. The van der Waals surface area contributed by atoms with Crippen molar-refractivity contribution in [3.63, 3.8) is 0 Å². The summed E-state index contributed by atoms with van der Waals surface area (Å²) < 4.78 is 11.0. The molecule has 1 aliphatic heterocycles. The third-order valence-electron chi connectivity index (χ3n) is 5.33. The van der Waals surface area contributed by atoms with Crippen molar-refractivity contribution in [2.75, 3.05) is 31.3 Å². The lowest BCUT2D eigenvalue weighted by atomic mass is 10.0. The van der Waals surface area contributed by atoms with Gasteiger partial charge in [0, 0.05) is 23.6 Å². The number of aromatic nitrogens is 1. The minimum Gasteiger partial charge on any atom is -0.504 e. The van der Waals surface area contributed by atoms with Gasteiger partial charge in [0.2, 0.25) is 0 Å². The summed E-state index contributed by atoms with van der Waals surface area (Å²) in [5.74, 6) is 2.41. The molecule has 1 unspecified atom stereocenters. The molecule has 0 amide bonds. The Morgan fingerprint density at radius 1 is 1.10 bits per heavy atom. The van der Waals surface area contributed by atoms with Crippen molar-refractivity contribution in [3.8, 4) is 33.9 Å². The molecule has 0 bridgehead atoms. The van der Waals surface area contributed by atoms with Crippen LogP contribution in [-0.4, -0.2) is 42.2 Å². The largest absolute Gasteiger partial charge is 0.504 e. The number of phenolic OH excluding ortho intramolecular Hbond substituents is 1. The topological polar surface area (TPSA) is 63.6 Å². The number of rotatable bonds is 8. The minimum absolute atomic E-state index is 0.114. The van der Waals surface area contributed by atoms with Crippen molar-refractivity contribution in [1.82, 2.24) is 4.98 Å². The lowest BCUT2D eigenvalue weighted by Gasteiger charge is -2.15. The lowest BCUT2D eigenvalue weighted by Crippen LogP contribution is -2.19. The third-order valence-corrected chi connectivity index (χ3v) is 6.23. The Morgan fingerprint density at radius 3 is 2.61 bits per heavy atom. The van der Waals surface area contributed by atoms with E-state index < -0.39 is 0 Å². The van der Waals surface area contributed by atoms with Crippen LogP contribution >= 0.6 is 11.8 Å². The van der Waals surface area contributed by atoms with Crippen LogP contribution in [0.3, 0.4) is 0 Å². The van der Waals surface area contributed by atoms with Crippen molar-refractivity contribution in [1.29, 1.82) is 0 Å². The number of ether oxygens (including phenoxy) is 2. The van der Waals surface area contributed by atoms with Gasteiger partial charge in [-0.1, -0.05) is 19.1 Å². The van der Waals surface area contributed by atoms with Crippen LogP contribution < -0.4 is 10.1 Å². The van der Waals surface area contributed by atoms with E-state index in [-0.39, 0.29) is 11.9 Å². The Labute approximate surface area is 187 Å². The maximum Gasteiger partial charge on any atom is 0.161 e. The van der Waals surface area contributed by atoms with Crippen molar-refractivity contribution >= 4 is 17.6 Å². The van der Waals surface area contributed by atoms with Gasteiger partial charge in [0.25, 0.3) is 0 Å². The number of phenols is 1. The molecule has 5 nitrogen and oxygen atoms in total. The molecule has 6 heteroatoms. The fourth-order valence-corrected chi connectivity index (χ4v) is 4.37. The SMILES string of the molecule is CCSc1ccc(-c2cc(NCC3CCCO3)nc(-c3ccc(O)c(OC)c3)c2)cc1. The molecule has 1 atom stereocenters. The van der Waals surface area contributed by atoms with Crippen LogP contribution in [0.2, 0.25) is 0 Å². The maximum atomic E-state index is 9.97. The van der Waals surface area contributed by atoms with Gasteiger partial charge in [0.15, 0.2) is 11.5 Å². The maximum absolute atomic E-state index is 9.97. The van der Waals surface area contributed by atoms with E-state index in [1.54, 1.807) is 13.2 Å². The molecule has 0 aliphatic carbocycles. The van der Waals surface area contributed by atoms with Gasteiger partial charge in [-0.15, -0.1) is 11.8 Å². The standard InChI is InChI=1S/C25H28N2O3S/c1-3-31-21-9-6-17(7-10-21)19-13-22(18-8-11-23(28)24(14-18)29-2)27-25(15-19)26-16-20-5-4-12-30-20/h6-11,13-15,20,28H,3-5,12,16H2,1-2H3,(H,26,27). The molecule has 4 rings (SSSR count). The lowest BCUT2D eigenvalue weighted by molar-refractivity contribution is 0.120. The second-order valence-corrected chi connectivity index (χ2v) is 8.82. The van der Waals surface area contributed by atoms with Crippen LogP contribution in [0.1, 0.15) is 19.8 Å². The minimum atomic E-state index is 0.114. The summed E-state index contributed by atoms with van der Waals surface area (Å²) in [6, 6.07) is 18.1. The summed E-state index contributed by atoms with van der Waals surface area (Å²) in [5, 5.41) is 13.4. The fourth-order valence-electron chi connectivity index (χ4n) is 3.71. The van der Waals surface area contributed by atoms with Crippen molar-refractivity contribution < 1.29 is 14.6 Å². The van der Waals surface area contributed by atoms with Gasteiger partial charge in [0.1, 0.15) is 5.82 Å². The Morgan fingerprint density at radius 2 is 1.90 bits per heavy atom. The molecule has 0 spiro atoms. The number of aromatic hydroxyl groups is 1. The fraction of sp³-hybridized carbons (Fsp3) is 0.320. The molecule has 0 saturated carbocycles. The summed E-state index contributed by atoms with van der Waals surface area (Å²) in [4.78, 5) is 6.10. The molecule has 2 heterocycles. The second kappa shape index (κ2) is 10.1. The summed E-state index contributed by atoms with van der Waals surface area (Å²) in [7, 11) is 1.55. The first kappa shape index (κ1) is 21.5. The van der Waals surface area contributed by atoms with Gasteiger partial charge in [-0.05, 0) is 72.2 Å². The summed E-state index contributed by atoms with van der Waals surface area (Å²) >= 11 is 1.83. The average Bonchev–Trinajstić information content (AvgIpc) is 3.32. The Kier molecular flexibility index (Phi) is 6.99. The Hall–Kier alpha value is -2.70. The predicted octanol–water partition coefficient (Wildman–Crippen LogP) is 5.83. The van der Waals surface area contributed by atoms with Crippen LogP contribution in [0.5, 0.6) is 11.5 Å². The highest BCUT2D eigenvalue weighted by Gasteiger charge is 2.16. The van der Waals surface area contributed by atoms with Crippen molar-refractivity contribution in [2.45, 2.75) is 30.8 Å². The number of methoxy groups -OCH3 is 1. The number of pyridine rings is 1. The molecular weight excluding hydrogens is 408 g/mol. The molecular formula is C25H28N2O3S. The van der Waals surface area contributed by atoms with Crippen LogP contribution in [-0.2, 0) is 4.74 Å². The normalized spacial score (nSPS) is 15.7. The van der Waals surface area contributed by atoms with Gasteiger partial charge < -0.3 is 19.9 Å². The zero-order chi connectivity index (χ0) is 21.6. The third kappa shape index (κ3) is 5.32. The van der Waals surface area contributed by atoms with Gasteiger partial charge in [-0.2, -0.15) is 0 Å². The number of nitrogens with one attached hydrogen (secondary N) is 1. The number of hydrogen-bond acceptors (Lipinski definition) is 6. The second-order valence-electron chi connectivity index (χ2n) is 7.49. The molecule has 162 valence electrons. The van der Waals surface area contributed by atoms with Gasteiger partial charge in [0.05, 0.1) is 18.9 Å². The van der Waals surface area contributed by atoms with E-state index in [9.17, 15) is 5.11 Å². The highest BCUT2D eigenvalue weighted by Crippen LogP contribution is 2.34. The molecule has 1 fully saturated rings. The molecule has 2 aromatic carbocycles. The van der Waals surface area contributed by atoms with E-state index in [1.807, 2.05) is 23.9 Å². The average molecular weight is 437 g/mol. The monoisotopic (exact) mass is 436 g/mol. The molecule has 1 aliphatic rings. The van der Waals surface area contributed by atoms with Crippen LogP contribution in [0.25, 0.3) is 22.4 Å². The molecule has 3 aromatic rings. The van der Waals surface area contributed by atoms with E-state index in [1.165, 1.54) is 4.90 Å². The Bertz CT molecular complexity index is 1020. The molecule has 0 radical (unpaired) electrons. The summed E-state index contributed by atoms with van der Waals surface area (Å²) in [5.41, 5.74) is 3.92. The first-order chi connectivity index (χ1) is 15.2. The predicted molar refractivity (Wildman–Crippen MR) is 127 cm³/mol. The van der Waals surface area contributed by atoms with E-state index in [2.05, 4.69) is 48.6 Å². The van der Waals surface area contributed by atoms with Crippen molar-refractivity contribution in [2.24, 2.45) is 0 Å². The molecule has 1 saturated heterocycles. The quantitative estimate of drug-likeness (QED) is 0.433. The van der Waals surface area contributed by atoms with Gasteiger partial charge in [-0.25, -0.2) is 4.98 Å². The first-order valence-corrected chi connectivity index (χ1v) is 11.6. The van der Waals surface area contributed by atoms with Gasteiger partial charge >= 0.3 is 0 Å². The number of benzene rings is 2. The highest BCUT2D eigenvalue weighted by molar-refractivity contribution is 7.99. The number of nitrogens with zero attached hydrogens (tertiary/aromatic N) is 1. The number of anilines is 1. The van der Waals surface area contributed by atoms with Gasteiger partial charge in [-0.3, -0.25) is 0 Å². The van der Waals surface area contributed by atoms with E-state index in [0.717, 1.165) is 59.9 Å². The van der Waals surface area contributed by atoms with Crippen molar-refractivity contribution in [3.05, 3.63) is 54.6 Å². The zero-order valence-corrected chi connectivity index (χ0v) is 18.7. The van der Waals surface area contributed by atoms with Crippen LogP contribution in [0.15, 0.2) is 59.5 Å². The Balaban J connectivity index is 1.69. The summed E-state index contributed by atoms with van der Waals surface area (Å²) in [6.45, 7) is 3.73. The molecule has 31 heavy (non-hydrogen) atoms. The number of hydrogen-bond donors (Lipinski definition) is 2.